The first-order valence-electron chi connectivity index (χ1n) is 4.55. The standard InChI is InChI=1S/C9H14N2O3/c1-2-5-10-9(14)11-6-3-4-7(11)8(12)13/h2,7H,1,3-6H2,(H,10,14)(H,12,13)/t7-/m0/s1. The Morgan fingerprint density at radius 1 is 1.64 bits per heavy atom. The predicted octanol–water partition coefficient (Wildman–Crippen LogP) is 0.431. The van der Waals surface area contributed by atoms with Gasteiger partial charge in [0.15, 0.2) is 0 Å². The highest BCUT2D eigenvalue weighted by Crippen LogP contribution is 2.16. The Labute approximate surface area is 82.4 Å². The molecule has 0 aromatic heterocycles. The zero-order valence-electron chi connectivity index (χ0n) is 7.90. The van der Waals surface area contributed by atoms with Gasteiger partial charge in [-0.15, -0.1) is 6.58 Å². The van der Waals surface area contributed by atoms with E-state index in [2.05, 4.69) is 11.9 Å². The minimum atomic E-state index is -0.934. The molecule has 0 spiro atoms. The lowest BCUT2D eigenvalue weighted by molar-refractivity contribution is -0.141. The van der Waals surface area contributed by atoms with Crippen LogP contribution in [0.15, 0.2) is 12.7 Å². The van der Waals surface area contributed by atoms with Crippen LogP contribution >= 0.6 is 0 Å². The van der Waals surface area contributed by atoms with Crippen molar-refractivity contribution in [3.05, 3.63) is 12.7 Å². The summed E-state index contributed by atoms with van der Waals surface area (Å²) in [5, 5.41) is 11.4. The van der Waals surface area contributed by atoms with E-state index in [-0.39, 0.29) is 6.03 Å². The van der Waals surface area contributed by atoms with Crippen molar-refractivity contribution in [2.45, 2.75) is 18.9 Å². The largest absolute Gasteiger partial charge is 0.480 e. The lowest BCUT2D eigenvalue weighted by Gasteiger charge is -2.21. The summed E-state index contributed by atoms with van der Waals surface area (Å²) in [5.74, 6) is -0.934. The predicted molar refractivity (Wildman–Crippen MR) is 51.0 cm³/mol. The minimum absolute atomic E-state index is 0.324. The first kappa shape index (κ1) is 10.6. The summed E-state index contributed by atoms with van der Waals surface area (Å²) in [6.45, 7) is 4.34. The van der Waals surface area contributed by atoms with E-state index in [1.165, 1.54) is 4.90 Å². The Bertz CT molecular complexity index is 252. The topological polar surface area (TPSA) is 69.6 Å². The van der Waals surface area contributed by atoms with E-state index in [1.54, 1.807) is 6.08 Å². The molecule has 1 aliphatic heterocycles. The lowest BCUT2D eigenvalue weighted by Crippen LogP contribution is -2.45. The molecule has 0 radical (unpaired) electrons. The first-order valence-corrected chi connectivity index (χ1v) is 4.55. The maximum Gasteiger partial charge on any atom is 0.326 e. The Balaban J connectivity index is 2.53. The van der Waals surface area contributed by atoms with Crippen LogP contribution in [0.3, 0.4) is 0 Å². The third-order valence-electron chi connectivity index (χ3n) is 2.20. The summed E-state index contributed by atoms with van der Waals surface area (Å²) in [5.41, 5.74) is 0. The van der Waals surface area contributed by atoms with Gasteiger partial charge in [0.2, 0.25) is 0 Å². The van der Waals surface area contributed by atoms with E-state index in [9.17, 15) is 9.59 Å². The van der Waals surface area contributed by atoms with Crippen molar-refractivity contribution in [2.75, 3.05) is 13.1 Å². The number of amides is 2. The van der Waals surface area contributed by atoms with E-state index in [0.717, 1.165) is 6.42 Å². The van der Waals surface area contributed by atoms with E-state index in [1.807, 2.05) is 0 Å². The van der Waals surface area contributed by atoms with Gasteiger partial charge < -0.3 is 15.3 Å². The maximum absolute atomic E-state index is 11.4. The molecule has 0 unspecified atom stereocenters. The van der Waals surface area contributed by atoms with Gasteiger partial charge in [-0.25, -0.2) is 9.59 Å². The van der Waals surface area contributed by atoms with Gasteiger partial charge in [-0.3, -0.25) is 0 Å². The number of nitrogens with one attached hydrogen (secondary N) is 1. The number of carbonyl (C=O) groups is 2. The monoisotopic (exact) mass is 198 g/mol. The SMILES string of the molecule is C=CCNC(=O)N1CCC[C@H]1C(=O)O. The fraction of sp³-hybridized carbons (Fsp3) is 0.556. The van der Waals surface area contributed by atoms with Crippen LogP contribution in [0.25, 0.3) is 0 Å². The molecular weight excluding hydrogens is 184 g/mol. The summed E-state index contributed by atoms with van der Waals surface area (Å²) < 4.78 is 0. The molecule has 1 aliphatic rings. The molecule has 0 saturated carbocycles. The number of aliphatic carboxylic acids is 1. The number of urea groups is 1. The number of carboxylic acid groups (broad SMARTS) is 1. The number of nitrogens with zero attached hydrogens (tertiary/aromatic N) is 1. The van der Waals surface area contributed by atoms with E-state index < -0.39 is 12.0 Å². The zero-order valence-corrected chi connectivity index (χ0v) is 7.90. The summed E-state index contributed by atoms with van der Waals surface area (Å²) >= 11 is 0. The Morgan fingerprint density at radius 2 is 2.36 bits per heavy atom. The second-order valence-corrected chi connectivity index (χ2v) is 3.16. The quantitative estimate of drug-likeness (QED) is 0.646. The fourth-order valence-electron chi connectivity index (χ4n) is 1.53. The van der Waals surface area contributed by atoms with Crippen LogP contribution in [-0.4, -0.2) is 41.1 Å². The molecule has 1 rings (SSSR count). The van der Waals surface area contributed by atoms with Gasteiger partial charge in [-0.1, -0.05) is 6.08 Å². The molecule has 0 bridgehead atoms. The third-order valence-corrected chi connectivity index (χ3v) is 2.20. The molecule has 78 valence electrons. The highest BCUT2D eigenvalue weighted by molar-refractivity contribution is 5.83. The van der Waals surface area contributed by atoms with Crippen molar-refractivity contribution in [3.8, 4) is 0 Å². The van der Waals surface area contributed by atoms with Crippen molar-refractivity contribution in [2.24, 2.45) is 0 Å². The van der Waals surface area contributed by atoms with Gasteiger partial charge >= 0.3 is 12.0 Å². The zero-order chi connectivity index (χ0) is 10.6. The van der Waals surface area contributed by atoms with Crippen molar-refractivity contribution < 1.29 is 14.7 Å². The van der Waals surface area contributed by atoms with Gasteiger partial charge in [-0.05, 0) is 12.8 Å². The van der Waals surface area contributed by atoms with Crippen molar-refractivity contribution in [3.63, 3.8) is 0 Å². The van der Waals surface area contributed by atoms with Crippen LogP contribution in [0.5, 0.6) is 0 Å². The average molecular weight is 198 g/mol. The summed E-state index contributed by atoms with van der Waals surface area (Å²) in [6, 6.07) is -0.991. The molecule has 0 aliphatic carbocycles. The van der Waals surface area contributed by atoms with Crippen LogP contribution in [0.4, 0.5) is 4.79 Å². The lowest BCUT2D eigenvalue weighted by atomic mass is 10.2. The van der Waals surface area contributed by atoms with Crippen LogP contribution in [0.2, 0.25) is 0 Å². The van der Waals surface area contributed by atoms with Gasteiger partial charge in [0.05, 0.1) is 0 Å². The number of carboxylic acids is 1. The summed E-state index contributed by atoms with van der Waals surface area (Å²) in [4.78, 5) is 23.5. The fourth-order valence-corrected chi connectivity index (χ4v) is 1.53. The molecular formula is C9H14N2O3. The van der Waals surface area contributed by atoms with Crippen LogP contribution in [0, 0.1) is 0 Å². The minimum Gasteiger partial charge on any atom is -0.480 e. The molecule has 2 amide bonds. The number of hydrogen-bond acceptors (Lipinski definition) is 2. The molecule has 1 atom stereocenters. The van der Waals surface area contributed by atoms with Gasteiger partial charge in [0.1, 0.15) is 6.04 Å². The smallest absolute Gasteiger partial charge is 0.326 e. The second kappa shape index (κ2) is 4.64. The highest BCUT2D eigenvalue weighted by Gasteiger charge is 2.33. The average Bonchev–Trinajstić information content (AvgIpc) is 2.62. The van der Waals surface area contributed by atoms with E-state index in [4.69, 9.17) is 5.11 Å². The Kier molecular flexibility index (Phi) is 3.50. The van der Waals surface area contributed by atoms with Gasteiger partial charge in [0, 0.05) is 13.1 Å². The van der Waals surface area contributed by atoms with E-state index >= 15 is 0 Å². The molecule has 2 N–H and O–H groups in total. The number of rotatable bonds is 3. The Hall–Kier alpha value is -1.52. The molecule has 1 fully saturated rings. The summed E-state index contributed by atoms with van der Waals surface area (Å²) in [7, 11) is 0. The summed E-state index contributed by atoms with van der Waals surface area (Å²) in [6.07, 6.45) is 2.85. The van der Waals surface area contributed by atoms with E-state index in [0.29, 0.717) is 19.5 Å². The third kappa shape index (κ3) is 2.25. The maximum atomic E-state index is 11.4. The molecule has 1 heterocycles. The molecule has 1 saturated heterocycles. The van der Waals surface area contributed by atoms with Gasteiger partial charge in [-0.2, -0.15) is 0 Å². The highest BCUT2D eigenvalue weighted by atomic mass is 16.4. The van der Waals surface area contributed by atoms with Crippen LogP contribution < -0.4 is 5.32 Å². The van der Waals surface area contributed by atoms with Crippen molar-refractivity contribution in [1.82, 2.24) is 10.2 Å². The van der Waals surface area contributed by atoms with Crippen LogP contribution in [0.1, 0.15) is 12.8 Å². The van der Waals surface area contributed by atoms with Crippen LogP contribution in [-0.2, 0) is 4.79 Å². The molecule has 5 heteroatoms. The number of carbonyl (C=O) groups excluding carboxylic acids is 1. The number of likely N-dealkylation sites (tertiary alicyclic amines) is 1. The molecule has 5 nitrogen and oxygen atoms in total. The van der Waals surface area contributed by atoms with Gasteiger partial charge in [0.25, 0.3) is 0 Å². The number of hydrogen-bond donors (Lipinski definition) is 2. The molecule has 14 heavy (non-hydrogen) atoms. The molecule has 0 aromatic carbocycles. The van der Waals surface area contributed by atoms with Crippen molar-refractivity contribution >= 4 is 12.0 Å². The van der Waals surface area contributed by atoms with Crippen molar-refractivity contribution in [1.29, 1.82) is 0 Å². The Morgan fingerprint density at radius 3 is 2.93 bits per heavy atom. The normalized spacial score (nSPS) is 20.6. The molecule has 0 aromatic rings. The second-order valence-electron chi connectivity index (χ2n) is 3.16. The first-order chi connectivity index (χ1) is 6.66.